The Kier molecular flexibility index (Phi) is 10.5. The fourth-order valence-corrected chi connectivity index (χ4v) is 6.73. The number of anilines is 1. The van der Waals surface area contributed by atoms with Crippen LogP contribution in [0, 0.1) is 5.82 Å². The summed E-state index contributed by atoms with van der Waals surface area (Å²) in [6.45, 7) is 1.12. The summed E-state index contributed by atoms with van der Waals surface area (Å²) in [7, 11) is -0.682. The van der Waals surface area contributed by atoms with E-state index in [-0.39, 0.29) is 41.8 Å². The van der Waals surface area contributed by atoms with Crippen molar-refractivity contribution in [2.75, 3.05) is 51.6 Å². The van der Waals surface area contributed by atoms with Gasteiger partial charge in [0.2, 0.25) is 15.9 Å². The molecule has 2 heterocycles. The van der Waals surface area contributed by atoms with Gasteiger partial charge >= 0.3 is 0 Å². The van der Waals surface area contributed by atoms with Crippen molar-refractivity contribution in [2.24, 2.45) is 0 Å². The van der Waals surface area contributed by atoms with Gasteiger partial charge in [-0.25, -0.2) is 12.8 Å². The van der Waals surface area contributed by atoms with Crippen LogP contribution >= 0.6 is 11.8 Å². The molecule has 16 heteroatoms. The second-order valence-corrected chi connectivity index (χ2v) is 12.7. The summed E-state index contributed by atoms with van der Waals surface area (Å²) in [4.78, 5) is 25.8. The number of hydrogen-bond donors (Lipinski definition) is 2. The molecule has 1 aliphatic rings. The normalized spacial score (nSPS) is 13.6. The van der Waals surface area contributed by atoms with Gasteiger partial charge in [0.15, 0.2) is 11.0 Å². The number of aromatic nitrogens is 3. The fourth-order valence-electron chi connectivity index (χ4n) is 4.56. The molecule has 0 atom stereocenters. The molecule has 4 aromatic rings. The lowest BCUT2D eigenvalue weighted by atomic mass is 10.2. The first-order chi connectivity index (χ1) is 22.2. The Morgan fingerprint density at radius 3 is 2.37 bits per heavy atom. The van der Waals surface area contributed by atoms with Crippen LogP contribution in [0.2, 0.25) is 0 Å². The standard InChI is InChI=1S/C30H31FN6O7S2/c1-42-23-9-12-26(43-2)25(17-23)37-27(34-35-30(37)45-19-28(38)33-22-7-5-21(31)6-8-22)18-32-29(39)20-3-10-24(11-4-20)46(40,41)36-13-15-44-16-14-36/h3-12,17H,13-16,18-19H2,1-2H3,(H,32,39)(H,33,38). The molecule has 2 N–H and O–H groups in total. The number of benzene rings is 3. The third kappa shape index (κ3) is 7.64. The number of carbonyl (C=O) groups is 2. The van der Waals surface area contributed by atoms with E-state index in [0.29, 0.717) is 47.1 Å². The number of methoxy groups -OCH3 is 2. The second kappa shape index (κ2) is 14.7. The topological polar surface area (TPSA) is 154 Å². The number of nitrogens with zero attached hydrogens (tertiary/aromatic N) is 4. The van der Waals surface area contributed by atoms with Crippen LogP contribution in [0.25, 0.3) is 5.69 Å². The minimum absolute atomic E-state index is 0.0478. The first-order valence-electron chi connectivity index (χ1n) is 14.0. The lowest BCUT2D eigenvalue weighted by Crippen LogP contribution is -2.40. The smallest absolute Gasteiger partial charge is 0.251 e. The van der Waals surface area contributed by atoms with E-state index in [1.54, 1.807) is 22.8 Å². The highest BCUT2D eigenvalue weighted by Gasteiger charge is 2.26. The number of ether oxygens (including phenoxy) is 3. The largest absolute Gasteiger partial charge is 0.497 e. The van der Waals surface area contributed by atoms with Gasteiger partial charge in [-0.2, -0.15) is 4.31 Å². The molecular formula is C30H31FN6O7S2. The number of halogens is 1. The summed E-state index contributed by atoms with van der Waals surface area (Å²) in [5.41, 5.74) is 1.20. The summed E-state index contributed by atoms with van der Waals surface area (Å²) >= 11 is 1.10. The summed E-state index contributed by atoms with van der Waals surface area (Å²) in [5, 5.41) is 14.4. The van der Waals surface area contributed by atoms with Crippen molar-refractivity contribution in [1.82, 2.24) is 24.4 Å². The van der Waals surface area contributed by atoms with E-state index >= 15 is 0 Å². The van der Waals surface area contributed by atoms with E-state index in [1.165, 1.54) is 67.1 Å². The summed E-state index contributed by atoms with van der Waals surface area (Å²) in [6, 6.07) is 16.2. The number of nitrogens with one attached hydrogen (secondary N) is 2. The third-order valence-electron chi connectivity index (χ3n) is 6.92. The fraction of sp³-hybridized carbons (Fsp3) is 0.267. The lowest BCUT2D eigenvalue weighted by Gasteiger charge is -2.26. The van der Waals surface area contributed by atoms with E-state index in [4.69, 9.17) is 14.2 Å². The molecule has 1 aliphatic heterocycles. The van der Waals surface area contributed by atoms with E-state index in [2.05, 4.69) is 20.8 Å². The van der Waals surface area contributed by atoms with Gasteiger partial charge in [-0.1, -0.05) is 11.8 Å². The molecule has 1 fully saturated rings. The quantitative estimate of drug-likeness (QED) is 0.215. The van der Waals surface area contributed by atoms with E-state index in [9.17, 15) is 22.4 Å². The molecule has 1 aromatic heterocycles. The van der Waals surface area contributed by atoms with Crippen molar-refractivity contribution in [3.8, 4) is 17.2 Å². The molecular weight excluding hydrogens is 639 g/mol. The SMILES string of the molecule is COc1ccc(OC)c(-n2c(CNC(=O)c3ccc(S(=O)(=O)N4CCOCC4)cc3)nnc2SCC(=O)Nc2ccc(F)cc2)c1. The van der Waals surface area contributed by atoms with Gasteiger partial charge in [-0.3, -0.25) is 14.2 Å². The number of hydrogen-bond acceptors (Lipinski definition) is 10. The average Bonchev–Trinajstić information content (AvgIpc) is 3.49. The van der Waals surface area contributed by atoms with Crippen LogP contribution < -0.4 is 20.1 Å². The number of sulfonamides is 1. The number of carbonyl (C=O) groups excluding carboxylic acids is 2. The van der Waals surface area contributed by atoms with Gasteiger partial charge < -0.3 is 24.8 Å². The first-order valence-corrected chi connectivity index (χ1v) is 16.4. The van der Waals surface area contributed by atoms with Gasteiger partial charge in [0, 0.05) is 30.4 Å². The Morgan fingerprint density at radius 2 is 1.70 bits per heavy atom. The van der Waals surface area contributed by atoms with Crippen molar-refractivity contribution < 1.29 is 36.6 Å². The van der Waals surface area contributed by atoms with Crippen LogP contribution in [0.5, 0.6) is 11.5 Å². The number of rotatable bonds is 12. The van der Waals surface area contributed by atoms with Crippen LogP contribution in [0.4, 0.5) is 10.1 Å². The number of amides is 2. The molecule has 0 radical (unpaired) electrons. The van der Waals surface area contributed by atoms with Crippen LogP contribution in [0.3, 0.4) is 0 Å². The minimum atomic E-state index is -3.70. The molecule has 0 spiro atoms. The molecule has 0 saturated carbocycles. The molecule has 5 rings (SSSR count). The first kappa shape index (κ1) is 32.9. The van der Waals surface area contributed by atoms with Crippen molar-refractivity contribution >= 4 is 39.3 Å². The van der Waals surface area contributed by atoms with Gasteiger partial charge in [0.05, 0.1) is 50.3 Å². The van der Waals surface area contributed by atoms with E-state index < -0.39 is 21.7 Å². The molecule has 13 nitrogen and oxygen atoms in total. The van der Waals surface area contributed by atoms with Crippen molar-refractivity contribution in [3.63, 3.8) is 0 Å². The van der Waals surface area contributed by atoms with Crippen LogP contribution in [0.15, 0.2) is 76.8 Å². The maximum Gasteiger partial charge on any atom is 0.251 e. The van der Waals surface area contributed by atoms with Crippen LogP contribution in [-0.2, 0) is 26.1 Å². The monoisotopic (exact) mass is 670 g/mol. The van der Waals surface area contributed by atoms with Gasteiger partial charge in [0.1, 0.15) is 17.3 Å². The zero-order valence-electron chi connectivity index (χ0n) is 24.9. The molecule has 3 aromatic carbocycles. The predicted octanol–water partition coefficient (Wildman–Crippen LogP) is 3.11. The summed E-state index contributed by atoms with van der Waals surface area (Å²) < 4.78 is 58.4. The van der Waals surface area contributed by atoms with E-state index in [1.807, 2.05) is 0 Å². The van der Waals surface area contributed by atoms with Gasteiger partial charge in [0.25, 0.3) is 5.91 Å². The van der Waals surface area contributed by atoms with Gasteiger partial charge in [-0.05, 0) is 60.7 Å². The Bertz CT molecular complexity index is 1800. The van der Waals surface area contributed by atoms with Crippen molar-refractivity contribution in [1.29, 1.82) is 0 Å². The number of morpholine rings is 1. The zero-order chi connectivity index (χ0) is 32.7. The summed E-state index contributed by atoms with van der Waals surface area (Å²) in [6.07, 6.45) is 0. The molecule has 46 heavy (non-hydrogen) atoms. The van der Waals surface area contributed by atoms with E-state index in [0.717, 1.165) is 11.8 Å². The Labute approximate surface area is 269 Å². The highest BCUT2D eigenvalue weighted by atomic mass is 32.2. The molecule has 2 amide bonds. The summed E-state index contributed by atoms with van der Waals surface area (Å²) in [5.74, 6) is 0.0369. The highest BCUT2D eigenvalue weighted by molar-refractivity contribution is 7.99. The minimum Gasteiger partial charge on any atom is -0.497 e. The molecule has 1 saturated heterocycles. The zero-order valence-corrected chi connectivity index (χ0v) is 26.6. The molecule has 0 bridgehead atoms. The maximum absolute atomic E-state index is 13.2. The Balaban J connectivity index is 1.34. The van der Waals surface area contributed by atoms with Crippen LogP contribution in [0.1, 0.15) is 16.2 Å². The van der Waals surface area contributed by atoms with Crippen LogP contribution in [-0.4, -0.2) is 85.6 Å². The number of thioether (sulfide) groups is 1. The molecule has 0 aliphatic carbocycles. The van der Waals surface area contributed by atoms with Crippen molar-refractivity contribution in [3.05, 3.63) is 83.9 Å². The second-order valence-electron chi connectivity index (χ2n) is 9.84. The third-order valence-corrected chi connectivity index (χ3v) is 9.76. The maximum atomic E-state index is 13.2. The van der Waals surface area contributed by atoms with Gasteiger partial charge in [-0.15, -0.1) is 10.2 Å². The molecule has 242 valence electrons. The Morgan fingerprint density at radius 1 is 0.978 bits per heavy atom. The average molecular weight is 671 g/mol. The Hall–Kier alpha value is -4.51. The lowest BCUT2D eigenvalue weighted by molar-refractivity contribution is -0.113. The molecule has 0 unspecified atom stereocenters. The highest BCUT2D eigenvalue weighted by Crippen LogP contribution is 2.32. The predicted molar refractivity (Wildman–Crippen MR) is 167 cm³/mol. The van der Waals surface area contributed by atoms with Crippen molar-refractivity contribution in [2.45, 2.75) is 16.6 Å².